The second kappa shape index (κ2) is 7.10. The van der Waals surface area contributed by atoms with E-state index in [1.165, 1.54) is 31.2 Å². The fourth-order valence-electron chi connectivity index (χ4n) is 2.43. The molecule has 0 spiro atoms. The molecule has 146 valence electrons. The summed E-state index contributed by atoms with van der Waals surface area (Å²) in [5.74, 6) is -2.00. The normalized spacial score (nSPS) is 13.7. The molecule has 9 nitrogen and oxygen atoms in total. The fourth-order valence-corrected chi connectivity index (χ4v) is 2.43. The highest BCUT2D eigenvalue weighted by atomic mass is 19.3. The summed E-state index contributed by atoms with van der Waals surface area (Å²) < 4.78 is 39.3. The maximum absolute atomic E-state index is 13.0. The zero-order valence-electron chi connectivity index (χ0n) is 14.2. The molecule has 1 aliphatic heterocycles. The first kappa shape index (κ1) is 19.0. The number of rotatable bonds is 5. The van der Waals surface area contributed by atoms with Gasteiger partial charge in [0.15, 0.2) is 18.1 Å². The number of amides is 1. The number of nitrogens with zero attached hydrogens (tertiary/aromatic N) is 1. The number of esters is 1. The van der Waals surface area contributed by atoms with Crippen LogP contribution in [0.3, 0.4) is 0 Å². The quantitative estimate of drug-likeness (QED) is 0.471. The van der Waals surface area contributed by atoms with Gasteiger partial charge in [-0.25, -0.2) is 4.79 Å². The van der Waals surface area contributed by atoms with Crippen LogP contribution in [0.15, 0.2) is 36.4 Å². The summed E-state index contributed by atoms with van der Waals surface area (Å²) in [6, 6.07) is 7.28. The smallest absolute Gasteiger partial charge is 0.452 e. The second-order valence-corrected chi connectivity index (χ2v) is 5.71. The Hall–Kier alpha value is -3.76. The Labute approximate surface area is 156 Å². The molecule has 0 unspecified atom stereocenters. The number of anilines is 1. The van der Waals surface area contributed by atoms with Gasteiger partial charge in [-0.3, -0.25) is 14.9 Å². The number of fused-ring (bicyclic) bond motifs is 1. The molecular formula is C17H12F2N2O7. The minimum atomic E-state index is -3.77. The summed E-state index contributed by atoms with van der Waals surface area (Å²) in [6.45, 7) is 0.810. The summed E-state index contributed by atoms with van der Waals surface area (Å²) in [6.07, 6.45) is -3.77. The van der Waals surface area contributed by atoms with Gasteiger partial charge in [-0.15, -0.1) is 8.78 Å². The van der Waals surface area contributed by atoms with Crippen molar-refractivity contribution in [2.24, 2.45) is 0 Å². The van der Waals surface area contributed by atoms with Crippen molar-refractivity contribution in [2.75, 3.05) is 11.9 Å². The highest BCUT2D eigenvalue weighted by Crippen LogP contribution is 2.42. The topological polar surface area (TPSA) is 117 Å². The Balaban J connectivity index is 1.57. The summed E-state index contributed by atoms with van der Waals surface area (Å²) in [5, 5.41) is 13.1. The van der Waals surface area contributed by atoms with Crippen molar-refractivity contribution in [1.29, 1.82) is 0 Å². The summed E-state index contributed by atoms with van der Waals surface area (Å²) >= 11 is 0. The van der Waals surface area contributed by atoms with Crippen LogP contribution in [0, 0.1) is 17.0 Å². The van der Waals surface area contributed by atoms with Crippen molar-refractivity contribution in [2.45, 2.75) is 13.2 Å². The van der Waals surface area contributed by atoms with Gasteiger partial charge < -0.3 is 19.5 Å². The first-order valence-electron chi connectivity index (χ1n) is 7.76. The van der Waals surface area contributed by atoms with Crippen molar-refractivity contribution in [3.63, 3.8) is 0 Å². The third kappa shape index (κ3) is 4.14. The number of nitro groups is 1. The van der Waals surface area contributed by atoms with Gasteiger partial charge >= 0.3 is 12.3 Å². The van der Waals surface area contributed by atoms with E-state index < -0.39 is 29.7 Å². The molecule has 0 atom stereocenters. The molecule has 0 bridgehead atoms. The number of ether oxygens (including phenoxy) is 3. The Bertz CT molecular complexity index is 978. The number of hydrogen-bond donors (Lipinski definition) is 1. The molecule has 0 fully saturated rings. The van der Waals surface area contributed by atoms with Gasteiger partial charge in [-0.1, -0.05) is 0 Å². The average molecular weight is 394 g/mol. The lowest BCUT2D eigenvalue weighted by Crippen LogP contribution is -2.25. The Morgan fingerprint density at radius 1 is 1.18 bits per heavy atom. The van der Waals surface area contributed by atoms with Gasteiger partial charge in [-0.2, -0.15) is 0 Å². The predicted molar refractivity (Wildman–Crippen MR) is 89.4 cm³/mol. The molecule has 11 heteroatoms. The van der Waals surface area contributed by atoms with E-state index in [1.807, 2.05) is 0 Å². The summed E-state index contributed by atoms with van der Waals surface area (Å²) in [7, 11) is 0. The van der Waals surface area contributed by atoms with Crippen molar-refractivity contribution in [3.05, 3.63) is 57.6 Å². The molecule has 28 heavy (non-hydrogen) atoms. The average Bonchev–Trinajstić information content (AvgIpc) is 2.92. The van der Waals surface area contributed by atoms with E-state index in [-0.39, 0.29) is 34.0 Å². The van der Waals surface area contributed by atoms with Gasteiger partial charge in [0.2, 0.25) is 0 Å². The maximum Gasteiger partial charge on any atom is 0.586 e. The minimum Gasteiger partial charge on any atom is -0.452 e. The number of hydrogen-bond acceptors (Lipinski definition) is 7. The molecule has 0 radical (unpaired) electrons. The number of carbonyl (C=O) groups is 2. The van der Waals surface area contributed by atoms with Gasteiger partial charge in [0.1, 0.15) is 0 Å². The second-order valence-electron chi connectivity index (χ2n) is 5.71. The van der Waals surface area contributed by atoms with E-state index in [0.717, 1.165) is 12.1 Å². The minimum absolute atomic E-state index is 0.0428. The van der Waals surface area contributed by atoms with Crippen LogP contribution in [-0.2, 0) is 9.53 Å². The van der Waals surface area contributed by atoms with E-state index in [9.17, 15) is 28.5 Å². The molecule has 1 amide bonds. The molecule has 1 heterocycles. The SMILES string of the molecule is Cc1cc(C(=O)OCC(=O)Nc2ccc3c(c2)OC(F)(F)O3)ccc1[N+](=O)[O-]. The monoisotopic (exact) mass is 394 g/mol. The molecule has 1 N–H and O–H groups in total. The van der Waals surface area contributed by atoms with Crippen LogP contribution < -0.4 is 14.8 Å². The first-order valence-corrected chi connectivity index (χ1v) is 7.76. The van der Waals surface area contributed by atoms with Crippen molar-refractivity contribution in [1.82, 2.24) is 0 Å². The van der Waals surface area contributed by atoms with Gasteiger partial charge in [-0.05, 0) is 31.2 Å². The molecule has 0 aromatic heterocycles. The lowest BCUT2D eigenvalue weighted by atomic mass is 10.1. The van der Waals surface area contributed by atoms with E-state index in [2.05, 4.69) is 14.8 Å². The standard InChI is InChI=1S/C17H12F2N2O7/c1-9-6-10(2-4-12(9)21(24)25)16(23)26-8-15(22)20-11-3-5-13-14(7-11)28-17(18,19)27-13/h2-7H,8H2,1H3,(H,20,22). The number of alkyl halides is 2. The molecule has 2 aromatic carbocycles. The van der Waals surface area contributed by atoms with E-state index in [1.54, 1.807) is 0 Å². The lowest BCUT2D eigenvalue weighted by molar-refractivity contribution is -0.385. The highest BCUT2D eigenvalue weighted by molar-refractivity contribution is 5.95. The number of nitrogens with one attached hydrogen (secondary N) is 1. The highest BCUT2D eigenvalue weighted by Gasteiger charge is 2.43. The molecule has 3 rings (SSSR count). The van der Waals surface area contributed by atoms with E-state index >= 15 is 0 Å². The number of carbonyl (C=O) groups excluding carboxylic acids is 2. The zero-order valence-corrected chi connectivity index (χ0v) is 14.2. The van der Waals surface area contributed by atoms with Crippen LogP contribution >= 0.6 is 0 Å². The van der Waals surface area contributed by atoms with E-state index in [0.29, 0.717) is 0 Å². The van der Waals surface area contributed by atoms with Gasteiger partial charge in [0.25, 0.3) is 11.6 Å². The molecular weight excluding hydrogens is 382 g/mol. The van der Waals surface area contributed by atoms with Gasteiger partial charge in [0.05, 0.1) is 10.5 Å². The summed E-state index contributed by atoms with van der Waals surface area (Å²) in [4.78, 5) is 34.0. The van der Waals surface area contributed by atoms with Crippen LogP contribution in [0.25, 0.3) is 0 Å². The van der Waals surface area contributed by atoms with Crippen molar-refractivity contribution < 1.29 is 37.5 Å². The van der Waals surface area contributed by atoms with E-state index in [4.69, 9.17) is 4.74 Å². The number of nitro benzene ring substituents is 1. The van der Waals surface area contributed by atoms with Crippen molar-refractivity contribution >= 4 is 23.3 Å². The predicted octanol–water partition coefficient (Wildman–Crippen LogP) is 3.02. The number of aryl methyl sites for hydroxylation is 1. The van der Waals surface area contributed by atoms with Crippen molar-refractivity contribution in [3.8, 4) is 11.5 Å². The molecule has 0 saturated heterocycles. The summed E-state index contributed by atoms with van der Waals surface area (Å²) in [5.41, 5.74) is 0.289. The lowest BCUT2D eigenvalue weighted by Gasteiger charge is -2.08. The maximum atomic E-state index is 13.0. The Kier molecular flexibility index (Phi) is 4.82. The molecule has 0 aliphatic carbocycles. The van der Waals surface area contributed by atoms with Crippen LogP contribution in [0.2, 0.25) is 0 Å². The van der Waals surface area contributed by atoms with Crippen LogP contribution in [-0.4, -0.2) is 29.7 Å². The Morgan fingerprint density at radius 2 is 1.89 bits per heavy atom. The number of benzene rings is 2. The largest absolute Gasteiger partial charge is 0.586 e. The zero-order chi connectivity index (χ0) is 20.5. The molecule has 1 aliphatic rings. The molecule has 2 aromatic rings. The number of halogens is 2. The third-order valence-electron chi connectivity index (χ3n) is 3.65. The van der Waals surface area contributed by atoms with Gasteiger partial charge in [0, 0.05) is 23.4 Å². The third-order valence-corrected chi connectivity index (χ3v) is 3.65. The fraction of sp³-hybridized carbons (Fsp3) is 0.176. The molecule has 0 saturated carbocycles. The first-order chi connectivity index (χ1) is 13.1. The van der Waals surface area contributed by atoms with Crippen LogP contribution in [0.5, 0.6) is 11.5 Å². The van der Waals surface area contributed by atoms with Crippen LogP contribution in [0.1, 0.15) is 15.9 Å². The van der Waals surface area contributed by atoms with Crippen LogP contribution in [0.4, 0.5) is 20.2 Å². The Morgan fingerprint density at radius 3 is 2.57 bits per heavy atom.